The van der Waals surface area contributed by atoms with Crippen LogP contribution < -0.4 is 10.1 Å². The predicted molar refractivity (Wildman–Crippen MR) is 114 cm³/mol. The molecule has 6 heteroatoms. The molecule has 0 radical (unpaired) electrons. The zero-order valence-electron chi connectivity index (χ0n) is 17.5. The van der Waals surface area contributed by atoms with Gasteiger partial charge in [-0.05, 0) is 50.1 Å². The van der Waals surface area contributed by atoms with Crippen molar-refractivity contribution in [3.63, 3.8) is 0 Å². The fourth-order valence-corrected chi connectivity index (χ4v) is 3.34. The highest BCUT2D eigenvalue weighted by atomic mass is 19.1. The molecule has 0 unspecified atom stereocenters. The van der Waals surface area contributed by atoms with E-state index < -0.39 is 6.04 Å². The van der Waals surface area contributed by atoms with Crippen LogP contribution in [0.3, 0.4) is 0 Å². The number of carbonyl (C=O) groups excluding carboxylic acids is 2. The quantitative estimate of drug-likeness (QED) is 0.715. The number of benzene rings is 2. The minimum Gasteiger partial charge on any atom is -0.490 e. The largest absolute Gasteiger partial charge is 0.490 e. The highest BCUT2D eigenvalue weighted by Crippen LogP contribution is 2.24. The molecule has 158 valence electrons. The third kappa shape index (κ3) is 5.06. The summed E-state index contributed by atoms with van der Waals surface area (Å²) in [5.74, 6) is -0.391. The summed E-state index contributed by atoms with van der Waals surface area (Å²) < 4.78 is 19.3. The maximum Gasteiger partial charge on any atom is 0.258 e. The summed E-state index contributed by atoms with van der Waals surface area (Å²) >= 11 is 0. The Morgan fingerprint density at radius 1 is 1.00 bits per heavy atom. The van der Waals surface area contributed by atoms with Crippen LogP contribution >= 0.6 is 0 Å². The van der Waals surface area contributed by atoms with E-state index in [1.807, 2.05) is 25.1 Å². The van der Waals surface area contributed by atoms with Gasteiger partial charge in [0.05, 0.1) is 17.7 Å². The molecular formula is C24H27FN2O3. The number of carbonyl (C=O) groups is 2. The topological polar surface area (TPSA) is 58.6 Å². The molecule has 2 amide bonds. The third-order valence-corrected chi connectivity index (χ3v) is 5.32. The second-order valence-corrected chi connectivity index (χ2v) is 7.57. The number of hydrogen-bond acceptors (Lipinski definition) is 3. The molecule has 1 aliphatic rings. The van der Waals surface area contributed by atoms with Crippen molar-refractivity contribution < 1.29 is 18.7 Å². The van der Waals surface area contributed by atoms with Gasteiger partial charge in [0.15, 0.2) is 0 Å². The highest BCUT2D eigenvalue weighted by molar-refractivity contribution is 5.99. The molecule has 0 aromatic heterocycles. The molecule has 0 saturated heterocycles. The maximum absolute atomic E-state index is 13.3. The fraction of sp³-hybridized carbons (Fsp3) is 0.333. The van der Waals surface area contributed by atoms with Crippen molar-refractivity contribution in [3.8, 4) is 5.75 Å². The Bertz CT molecular complexity index is 926. The van der Waals surface area contributed by atoms with Crippen molar-refractivity contribution in [2.45, 2.75) is 44.9 Å². The van der Waals surface area contributed by atoms with Crippen molar-refractivity contribution >= 4 is 11.8 Å². The number of nitrogens with one attached hydrogen (secondary N) is 1. The van der Waals surface area contributed by atoms with Crippen molar-refractivity contribution in [2.75, 3.05) is 7.05 Å². The van der Waals surface area contributed by atoms with Gasteiger partial charge in [0, 0.05) is 13.5 Å². The van der Waals surface area contributed by atoms with Crippen molar-refractivity contribution in [2.24, 2.45) is 0 Å². The number of ether oxygens (including phenoxy) is 1. The molecule has 1 heterocycles. The molecular weight excluding hydrogens is 383 g/mol. The van der Waals surface area contributed by atoms with E-state index in [1.165, 1.54) is 17.0 Å². The molecule has 3 atom stereocenters. The number of rotatable bonds is 1. The number of para-hydroxylation sites is 1. The van der Waals surface area contributed by atoms with Crippen LogP contribution in [-0.2, 0) is 4.79 Å². The first-order chi connectivity index (χ1) is 14.4. The number of fused-ring (bicyclic) bond motifs is 1. The van der Waals surface area contributed by atoms with Gasteiger partial charge < -0.3 is 15.0 Å². The number of hydrogen-bond donors (Lipinski definition) is 1. The van der Waals surface area contributed by atoms with Crippen LogP contribution in [0.4, 0.5) is 4.39 Å². The van der Waals surface area contributed by atoms with Gasteiger partial charge in [-0.3, -0.25) is 9.59 Å². The Morgan fingerprint density at radius 3 is 2.40 bits per heavy atom. The number of likely N-dealkylation sites (N-methyl/N-ethyl adjacent to an activating group) is 1. The van der Waals surface area contributed by atoms with E-state index in [4.69, 9.17) is 4.74 Å². The van der Waals surface area contributed by atoms with Crippen molar-refractivity contribution in [3.05, 3.63) is 77.6 Å². The van der Waals surface area contributed by atoms with E-state index in [0.29, 0.717) is 24.2 Å². The van der Waals surface area contributed by atoms with Crippen LogP contribution in [0.25, 0.3) is 0 Å². The Morgan fingerprint density at radius 2 is 1.67 bits per heavy atom. The highest BCUT2D eigenvalue weighted by Gasteiger charge is 2.27. The van der Waals surface area contributed by atoms with E-state index in [0.717, 1.165) is 5.56 Å². The van der Waals surface area contributed by atoms with Gasteiger partial charge >= 0.3 is 0 Å². The van der Waals surface area contributed by atoms with Gasteiger partial charge in [0.2, 0.25) is 5.91 Å². The molecule has 2 aromatic carbocycles. The molecule has 30 heavy (non-hydrogen) atoms. The van der Waals surface area contributed by atoms with E-state index in [2.05, 4.69) is 5.32 Å². The molecule has 2 aromatic rings. The molecule has 3 rings (SSSR count). The second kappa shape index (κ2) is 9.57. The van der Waals surface area contributed by atoms with Gasteiger partial charge in [-0.1, -0.05) is 36.4 Å². The first-order valence-corrected chi connectivity index (χ1v) is 10.1. The van der Waals surface area contributed by atoms with Crippen LogP contribution in [-0.4, -0.2) is 35.9 Å². The lowest BCUT2D eigenvalue weighted by Crippen LogP contribution is -2.47. The second-order valence-electron chi connectivity index (χ2n) is 7.57. The van der Waals surface area contributed by atoms with Crippen LogP contribution in [0.15, 0.2) is 60.7 Å². The van der Waals surface area contributed by atoms with E-state index in [-0.39, 0.29) is 29.8 Å². The smallest absolute Gasteiger partial charge is 0.258 e. The monoisotopic (exact) mass is 410 g/mol. The van der Waals surface area contributed by atoms with Gasteiger partial charge in [0.25, 0.3) is 5.91 Å². The summed E-state index contributed by atoms with van der Waals surface area (Å²) in [7, 11) is 1.60. The minimum atomic E-state index is -0.696. The zero-order valence-corrected chi connectivity index (χ0v) is 17.5. The maximum atomic E-state index is 13.3. The number of nitrogens with zero attached hydrogens (tertiary/aromatic N) is 1. The van der Waals surface area contributed by atoms with E-state index >= 15 is 0 Å². The van der Waals surface area contributed by atoms with Gasteiger partial charge in [-0.25, -0.2) is 4.39 Å². The molecule has 0 aliphatic carbocycles. The predicted octanol–water partition coefficient (Wildman–Crippen LogP) is 4.26. The first-order valence-electron chi connectivity index (χ1n) is 10.1. The summed E-state index contributed by atoms with van der Waals surface area (Å²) in [5, 5.41) is 3.00. The van der Waals surface area contributed by atoms with Crippen LogP contribution in [0.5, 0.6) is 5.75 Å². The van der Waals surface area contributed by atoms with E-state index in [9.17, 15) is 14.0 Å². The number of halogens is 1. The molecule has 0 fully saturated rings. The third-order valence-electron chi connectivity index (χ3n) is 5.32. The molecule has 0 spiro atoms. The van der Waals surface area contributed by atoms with Crippen LogP contribution in [0.2, 0.25) is 0 Å². The summed E-state index contributed by atoms with van der Waals surface area (Å²) in [6, 6.07) is 12.1. The molecule has 1 aliphatic heterocycles. The van der Waals surface area contributed by atoms with Crippen molar-refractivity contribution in [1.29, 1.82) is 0 Å². The Hall–Kier alpha value is -3.15. The summed E-state index contributed by atoms with van der Waals surface area (Å²) in [5.41, 5.74) is 1.22. The van der Waals surface area contributed by atoms with E-state index in [1.54, 1.807) is 44.3 Å². The van der Waals surface area contributed by atoms with Crippen LogP contribution in [0, 0.1) is 5.82 Å². The summed E-state index contributed by atoms with van der Waals surface area (Å²) in [6.45, 7) is 3.63. The Balaban J connectivity index is 1.92. The molecule has 1 N–H and O–H groups in total. The normalized spacial score (nSPS) is 24.3. The zero-order chi connectivity index (χ0) is 21.7. The standard InChI is InChI=1S/C24H27FN2O3/c1-16-8-4-6-10-21(18-12-14-19(25)15-13-18)26-23(28)17(2)27(3)24(29)20-9-5-7-11-22(20)30-16/h4-7,9,11-17,21H,8,10H2,1-3H3,(H,26,28)/b6-4+/t16-,17+,21-/m0/s1. The molecule has 0 bridgehead atoms. The molecule has 5 nitrogen and oxygen atoms in total. The summed E-state index contributed by atoms with van der Waals surface area (Å²) in [4.78, 5) is 27.4. The van der Waals surface area contributed by atoms with Crippen molar-refractivity contribution in [1.82, 2.24) is 10.2 Å². The average molecular weight is 410 g/mol. The lowest BCUT2D eigenvalue weighted by Gasteiger charge is -2.28. The summed E-state index contributed by atoms with van der Waals surface area (Å²) in [6.07, 6.45) is 5.06. The molecule has 0 saturated carbocycles. The lowest BCUT2D eigenvalue weighted by molar-refractivity contribution is -0.125. The average Bonchev–Trinajstić information content (AvgIpc) is 2.74. The fourth-order valence-electron chi connectivity index (χ4n) is 3.34. The number of amides is 2. The van der Waals surface area contributed by atoms with Gasteiger partial charge in [-0.15, -0.1) is 0 Å². The first kappa shape index (κ1) is 21.6. The Kier molecular flexibility index (Phi) is 6.87. The van der Waals surface area contributed by atoms with Crippen LogP contribution in [0.1, 0.15) is 48.7 Å². The Labute approximate surface area is 176 Å². The minimum absolute atomic E-state index is 0.125. The lowest BCUT2D eigenvalue weighted by atomic mass is 10.0. The van der Waals surface area contributed by atoms with Gasteiger partial charge in [0.1, 0.15) is 17.6 Å². The SMILES string of the molecule is C[C@@H]1C(=O)N[C@H](c2ccc(F)cc2)C/C=C/C[C@H](C)Oc2ccccc2C(=O)N1C. The van der Waals surface area contributed by atoms with Gasteiger partial charge in [-0.2, -0.15) is 0 Å².